The quantitative estimate of drug-likeness (QED) is 0.724. The predicted molar refractivity (Wildman–Crippen MR) is 111 cm³/mol. The number of carbonyl (C=O) groups is 2. The summed E-state index contributed by atoms with van der Waals surface area (Å²) in [5, 5.41) is 5.58. The summed E-state index contributed by atoms with van der Waals surface area (Å²) in [4.78, 5) is 30.1. The maximum Gasteiger partial charge on any atom is 0.269 e. The number of amides is 2. The summed E-state index contributed by atoms with van der Waals surface area (Å²) in [5.74, 6) is -0.255. The molecular weight excluding hydrogens is 366 g/mol. The Bertz CT molecular complexity index is 1090. The number of anilines is 1. The van der Waals surface area contributed by atoms with Gasteiger partial charge < -0.3 is 15.4 Å². The third-order valence-electron chi connectivity index (χ3n) is 4.59. The molecule has 1 heterocycles. The number of rotatable bonds is 4. The molecule has 1 aliphatic heterocycles. The van der Waals surface area contributed by atoms with Gasteiger partial charge in [0.1, 0.15) is 5.75 Å². The van der Waals surface area contributed by atoms with Gasteiger partial charge in [0.2, 0.25) is 6.17 Å². The number of benzodiazepines with no additional fused rings is 1. The molecule has 0 saturated carbocycles. The maximum atomic E-state index is 12.8. The fourth-order valence-corrected chi connectivity index (χ4v) is 3.15. The molecule has 1 unspecified atom stereocenters. The van der Waals surface area contributed by atoms with Crippen LogP contribution >= 0.6 is 0 Å². The minimum atomic E-state index is -1.07. The lowest BCUT2D eigenvalue weighted by Gasteiger charge is -2.13. The number of nitrogens with one attached hydrogen (secondary N) is 2. The second-order valence-electron chi connectivity index (χ2n) is 6.49. The first-order chi connectivity index (χ1) is 14.2. The van der Waals surface area contributed by atoms with Crippen molar-refractivity contribution in [3.05, 3.63) is 95.6 Å². The molecule has 144 valence electrons. The number of hydrogen-bond acceptors (Lipinski definition) is 4. The van der Waals surface area contributed by atoms with Crippen molar-refractivity contribution in [1.82, 2.24) is 5.32 Å². The first kappa shape index (κ1) is 18.4. The van der Waals surface area contributed by atoms with Gasteiger partial charge in [-0.1, -0.05) is 54.6 Å². The standard InChI is InChI=1S/C23H19N3O3/c1-29-17-11-7-10-16(14-17)22(27)26-21-23(28)24-19-13-6-5-12-18(19)20(25-21)15-8-3-2-4-9-15/h2-14,21H,1H3,(H,24,28)(H,26,27). The van der Waals surface area contributed by atoms with Gasteiger partial charge in [-0.15, -0.1) is 0 Å². The highest BCUT2D eigenvalue weighted by Gasteiger charge is 2.27. The van der Waals surface area contributed by atoms with Crippen LogP contribution in [0.25, 0.3) is 0 Å². The van der Waals surface area contributed by atoms with Crippen molar-refractivity contribution in [2.75, 3.05) is 12.4 Å². The van der Waals surface area contributed by atoms with Crippen LogP contribution in [0.1, 0.15) is 21.5 Å². The van der Waals surface area contributed by atoms with Crippen molar-refractivity contribution in [3.63, 3.8) is 0 Å². The molecule has 0 aliphatic carbocycles. The monoisotopic (exact) mass is 385 g/mol. The maximum absolute atomic E-state index is 12.8. The van der Waals surface area contributed by atoms with E-state index in [0.717, 1.165) is 11.1 Å². The first-order valence-corrected chi connectivity index (χ1v) is 9.14. The molecular formula is C23H19N3O3. The minimum absolute atomic E-state index is 0.385. The molecule has 6 heteroatoms. The number of fused-ring (bicyclic) bond motifs is 1. The zero-order chi connectivity index (χ0) is 20.2. The molecule has 0 spiro atoms. The molecule has 4 rings (SSSR count). The van der Waals surface area contributed by atoms with Gasteiger partial charge in [-0.2, -0.15) is 0 Å². The highest BCUT2D eigenvalue weighted by molar-refractivity contribution is 6.20. The van der Waals surface area contributed by atoms with E-state index in [2.05, 4.69) is 15.6 Å². The van der Waals surface area contributed by atoms with E-state index in [1.807, 2.05) is 54.6 Å². The van der Waals surface area contributed by atoms with E-state index >= 15 is 0 Å². The predicted octanol–water partition coefficient (Wildman–Crippen LogP) is 3.24. The zero-order valence-corrected chi connectivity index (χ0v) is 15.8. The van der Waals surface area contributed by atoms with Gasteiger partial charge in [0.05, 0.1) is 18.5 Å². The molecule has 6 nitrogen and oxygen atoms in total. The Morgan fingerprint density at radius 1 is 1.00 bits per heavy atom. The van der Waals surface area contributed by atoms with Gasteiger partial charge in [-0.3, -0.25) is 9.59 Å². The van der Waals surface area contributed by atoms with Crippen molar-refractivity contribution in [1.29, 1.82) is 0 Å². The van der Waals surface area contributed by atoms with Crippen LogP contribution < -0.4 is 15.4 Å². The smallest absolute Gasteiger partial charge is 0.269 e. The van der Waals surface area contributed by atoms with E-state index in [4.69, 9.17) is 4.74 Å². The number of benzene rings is 3. The number of para-hydroxylation sites is 1. The van der Waals surface area contributed by atoms with Gasteiger partial charge in [-0.25, -0.2) is 4.99 Å². The Hall–Kier alpha value is -3.93. The van der Waals surface area contributed by atoms with Crippen molar-refractivity contribution in [3.8, 4) is 5.75 Å². The SMILES string of the molecule is COc1cccc(C(=O)NC2N=C(c3ccccc3)c3ccccc3NC2=O)c1. The fourth-order valence-electron chi connectivity index (χ4n) is 3.15. The molecule has 29 heavy (non-hydrogen) atoms. The van der Waals surface area contributed by atoms with E-state index in [1.165, 1.54) is 7.11 Å². The number of methoxy groups -OCH3 is 1. The second-order valence-corrected chi connectivity index (χ2v) is 6.49. The Balaban J connectivity index is 1.71. The first-order valence-electron chi connectivity index (χ1n) is 9.14. The molecule has 2 amide bonds. The third kappa shape index (κ3) is 3.87. The van der Waals surface area contributed by atoms with Gasteiger partial charge in [-0.05, 0) is 24.3 Å². The average Bonchev–Trinajstić information content (AvgIpc) is 2.91. The summed E-state index contributed by atoms with van der Waals surface area (Å²) in [6, 6.07) is 23.8. The van der Waals surface area contributed by atoms with Crippen LogP contribution in [0.2, 0.25) is 0 Å². The van der Waals surface area contributed by atoms with Gasteiger partial charge in [0.15, 0.2) is 0 Å². The summed E-state index contributed by atoms with van der Waals surface area (Å²) in [6.45, 7) is 0. The summed E-state index contributed by atoms with van der Waals surface area (Å²) in [5.41, 5.74) is 3.33. The number of nitrogens with zero attached hydrogens (tertiary/aromatic N) is 1. The number of hydrogen-bond donors (Lipinski definition) is 2. The molecule has 0 radical (unpaired) electrons. The van der Waals surface area contributed by atoms with Crippen LogP contribution in [-0.2, 0) is 4.79 Å². The summed E-state index contributed by atoms with van der Waals surface area (Å²) in [6.07, 6.45) is -1.07. The van der Waals surface area contributed by atoms with Crippen LogP contribution in [0.15, 0.2) is 83.9 Å². The zero-order valence-electron chi connectivity index (χ0n) is 15.8. The molecule has 1 atom stereocenters. The van der Waals surface area contributed by atoms with Crippen LogP contribution in [0.5, 0.6) is 5.75 Å². The lowest BCUT2D eigenvalue weighted by Crippen LogP contribution is -2.42. The van der Waals surface area contributed by atoms with E-state index in [-0.39, 0.29) is 0 Å². The molecule has 3 aromatic carbocycles. The summed E-state index contributed by atoms with van der Waals surface area (Å²) < 4.78 is 5.17. The molecule has 3 aromatic rings. The topological polar surface area (TPSA) is 79.8 Å². The Kier molecular flexibility index (Phi) is 5.07. The summed E-state index contributed by atoms with van der Waals surface area (Å²) >= 11 is 0. The van der Waals surface area contributed by atoms with Crippen molar-refractivity contribution >= 4 is 23.2 Å². The third-order valence-corrected chi connectivity index (χ3v) is 4.59. The van der Waals surface area contributed by atoms with E-state index in [0.29, 0.717) is 22.7 Å². The Morgan fingerprint density at radius 3 is 2.55 bits per heavy atom. The van der Waals surface area contributed by atoms with E-state index in [1.54, 1.807) is 24.3 Å². The molecule has 1 aliphatic rings. The largest absolute Gasteiger partial charge is 0.497 e. The Labute approximate surface area is 168 Å². The van der Waals surface area contributed by atoms with Gasteiger partial charge in [0.25, 0.3) is 11.8 Å². The van der Waals surface area contributed by atoms with Crippen molar-refractivity contribution in [2.24, 2.45) is 4.99 Å². The fraction of sp³-hybridized carbons (Fsp3) is 0.0870. The summed E-state index contributed by atoms with van der Waals surface area (Å²) in [7, 11) is 1.53. The van der Waals surface area contributed by atoms with Gasteiger partial charge in [0, 0.05) is 16.7 Å². The molecule has 0 bridgehead atoms. The van der Waals surface area contributed by atoms with Crippen LogP contribution in [0.3, 0.4) is 0 Å². The average molecular weight is 385 g/mol. The minimum Gasteiger partial charge on any atom is -0.497 e. The number of ether oxygens (including phenoxy) is 1. The molecule has 2 N–H and O–H groups in total. The highest BCUT2D eigenvalue weighted by Crippen LogP contribution is 2.24. The highest BCUT2D eigenvalue weighted by atomic mass is 16.5. The van der Waals surface area contributed by atoms with Crippen LogP contribution in [0, 0.1) is 0 Å². The van der Waals surface area contributed by atoms with E-state index < -0.39 is 18.0 Å². The molecule has 0 fully saturated rings. The second kappa shape index (κ2) is 7.98. The normalized spacial score (nSPS) is 15.4. The van der Waals surface area contributed by atoms with E-state index in [9.17, 15) is 9.59 Å². The van der Waals surface area contributed by atoms with Crippen molar-refractivity contribution in [2.45, 2.75) is 6.17 Å². The number of carbonyl (C=O) groups excluding carboxylic acids is 2. The van der Waals surface area contributed by atoms with Crippen molar-refractivity contribution < 1.29 is 14.3 Å². The Morgan fingerprint density at radius 2 is 1.76 bits per heavy atom. The lowest BCUT2D eigenvalue weighted by atomic mass is 10.0. The number of aliphatic imine (C=N–C) groups is 1. The molecule has 0 aromatic heterocycles. The molecule has 0 saturated heterocycles. The lowest BCUT2D eigenvalue weighted by molar-refractivity contribution is -0.117. The van der Waals surface area contributed by atoms with Crippen LogP contribution in [0.4, 0.5) is 5.69 Å². The van der Waals surface area contributed by atoms with Crippen LogP contribution in [-0.4, -0.2) is 30.8 Å². The van der Waals surface area contributed by atoms with Gasteiger partial charge >= 0.3 is 0 Å².